The van der Waals surface area contributed by atoms with E-state index in [9.17, 15) is 0 Å². The normalized spacial score (nSPS) is 11.1. The van der Waals surface area contributed by atoms with Gasteiger partial charge in [0, 0.05) is 5.69 Å². The Morgan fingerprint density at radius 2 is 2.30 bits per heavy atom. The first kappa shape index (κ1) is 12.6. The lowest BCUT2D eigenvalue weighted by atomic mass is 10.3. The van der Waals surface area contributed by atoms with Gasteiger partial charge in [0.25, 0.3) is 0 Å². The van der Waals surface area contributed by atoms with Gasteiger partial charge in [-0.25, -0.2) is 15.0 Å². The summed E-state index contributed by atoms with van der Waals surface area (Å²) in [7, 11) is 0. The second-order valence-corrected chi connectivity index (χ2v) is 4.49. The van der Waals surface area contributed by atoms with E-state index in [1.165, 1.54) is 0 Å². The number of hydrogen-bond acceptors (Lipinski definition) is 6. The Morgan fingerprint density at radius 3 is 3.05 bits per heavy atom. The molecule has 0 bridgehead atoms. The standard InChI is InChI=1S/C13H16N6O/c1-8-17-12(16-7-11-15-4-5-20-11)10-6-9(2-3-14)19-13(10)18-8/h4-6H,2-3,7,14H2,1H3,(H2,16,17,18,19). The number of fused-ring (bicyclic) bond motifs is 1. The molecule has 7 heteroatoms. The van der Waals surface area contributed by atoms with E-state index in [1.54, 1.807) is 12.5 Å². The molecule has 3 rings (SSSR count). The molecule has 0 spiro atoms. The molecule has 0 unspecified atom stereocenters. The van der Waals surface area contributed by atoms with Gasteiger partial charge < -0.3 is 20.5 Å². The molecular formula is C13H16N6O. The Morgan fingerprint density at radius 1 is 1.40 bits per heavy atom. The highest BCUT2D eigenvalue weighted by Crippen LogP contribution is 2.22. The number of aryl methyl sites for hydroxylation is 1. The van der Waals surface area contributed by atoms with E-state index in [0.717, 1.165) is 29.0 Å². The van der Waals surface area contributed by atoms with Crippen molar-refractivity contribution >= 4 is 16.9 Å². The second kappa shape index (κ2) is 5.30. The minimum absolute atomic E-state index is 0.482. The average Bonchev–Trinajstić information content (AvgIpc) is 3.05. The Kier molecular flexibility index (Phi) is 3.34. The van der Waals surface area contributed by atoms with Gasteiger partial charge in [0.05, 0.1) is 18.1 Å². The third-order valence-corrected chi connectivity index (χ3v) is 2.96. The Bertz CT molecular complexity index is 703. The maximum absolute atomic E-state index is 5.58. The minimum Gasteiger partial charge on any atom is -0.447 e. The first-order chi connectivity index (χ1) is 9.76. The van der Waals surface area contributed by atoms with Crippen LogP contribution in [-0.2, 0) is 13.0 Å². The highest BCUT2D eigenvalue weighted by Gasteiger charge is 2.10. The summed E-state index contributed by atoms with van der Waals surface area (Å²) in [6.07, 6.45) is 3.95. The number of nitrogens with one attached hydrogen (secondary N) is 2. The summed E-state index contributed by atoms with van der Waals surface area (Å²) in [6.45, 7) is 2.94. The summed E-state index contributed by atoms with van der Waals surface area (Å²) in [6, 6.07) is 2.03. The summed E-state index contributed by atoms with van der Waals surface area (Å²) < 4.78 is 5.20. The number of anilines is 1. The van der Waals surface area contributed by atoms with Crippen LogP contribution in [0.25, 0.3) is 11.0 Å². The molecular weight excluding hydrogens is 256 g/mol. The lowest BCUT2D eigenvalue weighted by Crippen LogP contribution is -2.03. The number of H-pyrrole nitrogens is 1. The molecule has 20 heavy (non-hydrogen) atoms. The summed E-state index contributed by atoms with van der Waals surface area (Å²) in [5, 5.41) is 4.18. The molecule has 0 saturated heterocycles. The molecule has 0 aromatic carbocycles. The molecule has 0 radical (unpaired) electrons. The number of rotatable bonds is 5. The van der Waals surface area contributed by atoms with E-state index in [4.69, 9.17) is 10.2 Å². The fourth-order valence-corrected chi connectivity index (χ4v) is 2.10. The van der Waals surface area contributed by atoms with Crippen LogP contribution in [0.15, 0.2) is 22.9 Å². The largest absolute Gasteiger partial charge is 0.447 e. The van der Waals surface area contributed by atoms with Crippen LogP contribution < -0.4 is 11.1 Å². The van der Waals surface area contributed by atoms with Crippen molar-refractivity contribution in [3.8, 4) is 0 Å². The first-order valence-corrected chi connectivity index (χ1v) is 6.45. The molecule has 0 fully saturated rings. The van der Waals surface area contributed by atoms with Gasteiger partial charge in [-0.15, -0.1) is 0 Å². The molecule has 0 aliphatic heterocycles. The van der Waals surface area contributed by atoms with Crippen molar-refractivity contribution in [1.29, 1.82) is 0 Å². The van der Waals surface area contributed by atoms with Crippen molar-refractivity contribution < 1.29 is 4.42 Å². The maximum Gasteiger partial charge on any atom is 0.213 e. The molecule has 104 valence electrons. The predicted octanol–water partition coefficient (Wildman–Crippen LogP) is 1.37. The molecule has 3 heterocycles. The molecule has 0 amide bonds. The van der Waals surface area contributed by atoms with Crippen molar-refractivity contribution in [2.24, 2.45) is 5.73 Å². The van der Waals surface area contributed by atoms with Gasteiger partial charge in [0.1, 0.15) is 23.6 Å². The topological polar surface area (TPSA) is 106 Å². The van der Waals surface area contributed by atoms with Crippen LogP contribution in [0.5, 0.6) is 0 Å². The van der Waals surface area contributed by atoms with E-state index < -0.39 is 0 Å². The SMILES string of the molecule is Cc1nc(NCc2ncco2)c2cc(CCN)[nH]c2n1. The van der Waals surface area contributed by atoms with E-state index >= 15 is 0 Å². The number of nitrogens with zero attached hydrogens (tertiary/aromatic N) is 3. The zero-order chi connectivity index (χ0) is 13.9. The van der Waals surface area contributed by atoms with Gasteiger partial charge in [0.2, 0.25) is 5.89 Å². The van der Waals surface area contributed by atoms with E-state index in [0.29, 0.717) is 24.8 Å². The smallest absolute Gasteiger partial charge is 0.213 e. The average molecular weight is 272 g/mol. The lowest BCUT2D eigenvalue weighted by molar-refractivity contribution is 0.503. The highest BCUT2D eigenvalue weighted by atomic mass is 16.3. The van der Waals surface area contributed by atoms with Gasteiger partial charge in [-0.1, -0.05) is 0 Å². The van der Waals surface area contributed by atoms with Crippen molar-refractivity contribution in [1.82, 2.24) is 19.9 Å². The van der Waals surface area contributed by atoms with Gasteiger partial charge in [-0.05, 0) is 26.0 Å². The third kappa shape index (κ3) is 2.48. The first-order valence-electron chi connectivity index (χ1n) is 6.45. The molecule has 3 aromatic heterocycles. The van der Waals surface area contributed by atoms with Crippen molar-refractivity contribution in [3.05, 3.63) is 35.9 Å². The minimum atomic E-state index is 0.482. The lowest BCUT2D eigenvalue weighted by Gasteiger charge is -2.05. The summed E-state index contributed by atoms with van der Waals surface area (Å²) in [5.41, 5.74) is 7.45. The maximum atomic E-state index is 5.58. The van der Waals surface area contributed by atoms with E-state index in [1.807, 2.05) is 13.0 Å². The summed E-state index contributed by atoms with van der Waals surface area (Å²) in [5.74, 6) is 2.09. The number of oxazole rings is 1. The summed E-state index contributed by atoms with van der Waals surface area (Å²) in [4.78, 5) is 16.2. The number of aromatic nitrogens is 4. The Balaban J connectivity index is 1.91. The van der Waals surface area contributed by atoms with E-state index in [2.05, 4.69) is 25.3 Å². The molecule has 0 atom stereocenters. The molecule has 3 aromatic rings. The number of hydrogen-bond donors (Lipinski definition) is 3. The van der Waals surface area contributed by atoms with Crippen LogP contribution >= 0.6 is 0 Å². The van der Waals surface area contributed by atoms with E-state index in [-0.39, 0.29) is 0 Å². The van der Waals surface area contributed by atoms with Crippen LogP contribution in [-0.4, -0.2) is 26.5 Å². The van der Waals surface area contributed by atoms with Crippen LogP contribution in [0.1, 0.15) is 17.4 Å². The molecule has 0 aliphatic carbocycles. The van der Waals surface area contributed by atoms with Crippen LogP contribution in [0.3, 0.4) is 0 Å². The van der Waals surface area contributed by atoms with Crippen molar-refractivity contribution in [2.75, 3.05) is 11.9 Å². The van der Waals surface area contributed by atoms with Crippen LogP contribution in [0.2, 0.25) is 0 Å². The van der Waals surface area contributed by atoms with Gasteiger partial charge >= 0.3 is 0 Å². The van der Waals surface area contributed by atoms with Gasteiger partial charge in [0.15, 0.2) is 0 Å². The van der Waals surface area contributed by atoms with Gasteiger partial charge in [-0.3, -0.25) is 0 Å². The Labute approximate surface area is 115 Å². The second-order valence-electron chi connectivity index (χ2n) is 4.49. The Hall–Kier alpha value is -2.41. The van der Waals surface area contributed by atoms with Crippen molar-refractivity contribution in [3.63, 3.8) is 0 Å². The monoisotopic (exact) mass is 272 g/mol. The van der Waals surface area contributed by atoms with Gasteiger partial charge in [-0.2, -0.15) is 0 Å². The van der Waals surface area contributed by atoms with Crippen molar-refractivity contribution in [2.45, 2.75) is 19.9 Å². The predicted molar refractivity (Wildman–Crippen MR) is 75.2 cm³/mol. The number of aromatic amines is 1. The molecule has 0 saturated carbocycles. The summed E-state index contributed by atoms with van der Waals surface area (Å²) >= 11 is 0. The van der Waals surface area contributed by atoms with Crippen LogP contribution in [0, 0.1) is 6.92 Å². The zero-order valence-corrected chi connectivity index (χ0v) is 11.2. The van der Waals surface area contributed by atoms with Crippen LogP contribution in [0.4, 0.5) is 5.82 Å². The number of nitrogens with two attached hydrogens (primary N) is 1. The quantitative estimate of drug-likeness (QED) is 0.647. The molecule has 7 nitrogen and oxygen atoms in total. The third-order valence-electron chi connectivity index (χ3n) is 2.96. The molecule has 0 aliphatic rings. The highest BCUT2D eigenvalue weighted by molar-refractivity contribution is 5.87. The zero-order valence-electron chi connectivity index (χ0n) is 11.2. The fourth-order valence-electron chi connectivity index (χ4n) is 2.10. The molecule has 4 N–H and O–H groups in total. The fraction of sp³-hybridized carbons (Fsp3) is 0.308.